The fourth-order valence-electron chi connectivity index (χ4n) is 3.03. The van der Waals surface area contributed by atoms with Gasteiger partial charge in [0.05, 0.1) is 42.3 Å². The number of rotatable bonds is 7. The van der Waals surface area contributed by atoms with Gasteiger partial charge in [0.25, 0.3) is 0 Å². The first-order valence-electron chi connectivity index (χ1n) is 9.79. The van der Waals surface area contributed by atoms with Crippen molar-refractivity contribution in [1.82, 2.24) is 0 Å². The van der Waals surface area contributed by atoms with Gasteiger partial charge in [-0.25, -0.2) is 14.0 Å². The van der Waals surface area contributed by atoms with Crippen molar-refractivity contribution >= 4 is 34.3 Å². The van der Waals surface area contributed by atoms with Crippen molar-refractivity contribution in [3.8, 4) is 0 Å². The smallest absolute Gasteiger partial charge is 0.400 e. The van der Waals surface area contributed by atoms with Gasteiger partial charge in [-0.1, -0.05) is 18.2 Å². The molecule has 0 radical (unpaired) electrons. The molecule has 0 N–H and O–H groups in total. The highest BCUT2D eigenvalue weighted by atomic mass is 32.2. The van der Waals surface area contributed by atoms with Crippen LogP contribution < -0.4 is 4.90 Å². The number of amides is 1. The van der Waals surface area contributed by atoms with Crippen LogP contribution in [0.5, 0.6) is 0 Å². The summed E-state index contributed by atoms with van der Waals surface area (Å²) in [6, 6.07) is 7.47. The Hall–Kier alpha value is -3.28. The molecule has 1 amide bonds. The number of nitrogens with zero attached hydrogens (tertiary/aromatic N) is 1. The van der Waals surface area contributed by atoms with E-state index in [9.17, 15) is 36.2 Å². The third-order valence-electron chi connectivity index (χ3n) is 4.52. The molecule has 0 aliphatic heterocycles. The zero-order valence-corrected chi connectivity index (χ0v) is 19.2. The molecule has 0 heterocycles. The number of hydrogen-bond donors (Lipinski definition) is 0. The monoisotopic (exact) mass is 503 g/mol. The lowest BCUT2D eigenvalue weighted by atomic mass is 10.1. The number of anilines is 1. The first-order chi connectivity index (χ1) is 15.9. The SMILES string of the molecule is CCOC(=O)C(=O)N(Cc1ccccc1C(=O)OC)c1cc(S(=O)CC(F)(F)F)c(C)cc1F. The van der Waals surface area contributed by atoms with E-state index in [1.54, 1.807) is 0 Å². The summed E-state index contributed by atoms with van der Waals surface area (Å²) in [5, 5.41) is 0. The zero-order valence-electron chi connectivity index (χ0n) is 18.4. The molecular formula is C22H21F4NO6S. The highest BCUT2D eigenvalue weighted by Gasteiger charge is 2.33. The Morgan fingerprint density at radius 2 is 1.76 bits per heavy atom. The van der Waals surface area contributed by atoms with Crippen molar-refractivity contribution in [2.24, 2.45) is 0 Å². The molecule has 12 heteroatoms. The van der Waals surface area contributed by atoms with E-state index in [-0.39, 0.29) is 28.2 Å². The van der Waals surface area contributed by atoms with Gasteiger partial charge in [0.2, 0.25) is 0 Å². The lowest BCUT2D eigenvalue weighted by Gasteiger charge is -2.24. The van der Waals surface area contributed by atoms with Crippen molar-refractivity contribution < 1.29 is 45.6 Å². The molecule has 1 atom stereocenters. The van der Waals surface area contributed by atoms with Crippen LogP contribution in [0.4, 0.5) is 23.2 Å². The predicted molar refractivity (Wildman–Crippen MR) is 114 cm³/mol. The maximum absolute atomic E-state index is 15.0. The summed E-state index contributed by atoms with van der Waals surface area (Å²) >= 11 is 0. The van der Waals surface area contributed by atoms with E-state index >= 15 is 0 Å². The summed E-state index contributed by atoms with van der Waals surface area (Å²) in [5.41, 5.74) is -0.471. The van der Waals surface area contributed by atoms with Crippen LogP contribution in [0.3, 0.4) is 0 Å². The van der Waals surface area contributed by atoms with Crippen LogP contribution in [-0.2, 0) is 36.4 Å². The number of carbonyl (C=O) groups is 3. The molecule has 0 aliphatic carbocycles. The average molecular weight is 503 g/mol. The molecule has 0 saturated heterocycles. The Morgan fingerprint density at radius 3 is 2.35 bits per heavy atom. The molecule has 0 saturated carbocycles. The highest BCUT2D eigenvalue weighted by molar-refractivity contribution is 7.85. The maximum atomic E-state index is 15.0. The fraction of sp³-hybridized carbons (Fsp3) is 0.318. The molecule has 2 rings (SSSR count). The van der Waals surface area contributed by atoms with Gasteiger partial charge in [0, 0.05) is 4.90 Å². The van der Waals surface area contributed by atoms with Crippen LogP contribution in [0.2, 0.25) is 0 Å². The van der Waals surface area contributed by atoms with Gasteiger partial charge in [-0.2, -0.15) is 13.2 Å². The minimum atomic E-state index is -4.76. The Balaban J connectivity index is 2.64. The normalized spacial score (nSPS) is 12.1. The van der Waals surface area contributed by atoms with E-state index in [0.29, 0.717) is 4.90 Å². The first kappa shape index (κ1) is 27.0. The molecule has 0 aliphatic rings. The Kier molecular flexibility index (Phi) is 8.91. The number of benzene rings is 2. The van der Waals surface area contributed by atoms with E-state index in [4.69, 9.17) is 9.47 Å². The molecule has 34 heavy (non-hydrogen) atoms. The van der Waals surface area contributed by atoms with E-state index in [1.165, 1.54) is 38.1 Å². The summed E-state index contributed by atoms with van der Waals surface area (Å²) in [6.45, 7) is 2.00. The first-order valence-corrected chi connectivity index (χ1v) is 11.1. The second-order valence-corrected chi connectivity index (χ2v) is 8.35. The number of alkyl halides is 3. The van der Waals surface area contributed by atoms with Crippen LogP contribution in [0.1, 0.15) is 28.4 Å². The number of esters is 2. The standard InChI is InChI=1S/C22H21F4NO6S/c1-4-33-21(30)19(28)27(11-14-7-5-6-8-15(14)20(29)32-3)17-10-18(13(2)9-16(17)23)34(31)12-22(24,25)26/h5-10H,4,11-12H2,1-3H3. The Morgan fingerprint density at radius 1 is 1.12 bits per heavy atom. The lowest BCUT2D eigenvalue weighted by molar-refractivity contribution is -0.153. The third kappa shape index (κ3) is 6.62. The molecule has 1 unspecified atom stereocenters. The molecule has 7 nitrogen and oxygen atoms in total. The van der Waals surface area contributed by atoms with Crippen LogP contribution >= 0.6 is 0 Å². The maximum Gasteiger partial charge on any atom is 0.400 e. The molecule has 0 aromatic heterocycles. The minimum Gasteiger partial charge on any atom is -0.465 e. The van der Waals surface area contributed by atoms with Gasteiger partial charge in [-0.05, 0) is 43.2 Å². The summed E-state index contributed by atoms with van der Waals surface area (Å²) in [6.07, 6.45) is -4.76. The van der Waals surface area contributed by atoms with E-state index in [1.807, 2.05) is 0 Å². The summed E-state index contributed by atoms with van der Waals surface area (Å²) < 4.78 is 75.0. The molecule has 2 aromatic carbocycles. The number of ether oxygens (including phenoxy) is 2. The summed E-state index contributed by atoms with van der Waals surface area (Å²) in [7, 11) is -1.48. The summed E-state index contributed by atoms with van der Waals surface area (Å²) in [5.74, 6) is -6.20. The molecule has 0 spiro atoms. The third-order valence-corrected chi connectivity index (χ3v) is 6.04. The molecule has 2 aromatic rings. The fourth-order valence-corrected chi connectivity index (χ4v) is 4.14. The van der Waals surface area contributed by atoms with Gasteiger partial charge < -0.3 is 9.47 Å². The van der Waals surface area contributed by atoms with Crippen LogP contribution in [0.15, 0.2) is 41.3 Å². The van der Waals surface area contributed by atoms with Gasteiger partial charge in [0.1, 0.15) is 11.6 Å². The second kappa shape index (κ2) is 11.2. The quantitative estimate of drug-likeness (QED) is 0.325. The molecule has 0 fully saturated rings. The van der Waals surface area contributed by atoms with Crippen molar-refractivity contribution in [2.75, 3.05) is 24.4 Å². The van der Waals surface area contributed by atoms with Crippen LogP contribution in [-0.4, -0.2) is 47.7 Å². The van der Waals surface area contributed by atoms with E-state index in [2.05, 4.69) is 0 Å². The highest BCUT2D eigenvalue weighted by Crippen LogP contribution is 2.30. The molecule has 0 bridgehead atoms. The van der Waals surface area contributed by atoms with Crippen LogP contribution in [0, 0.1) is 12.7 Å². The molecular weight excluding hydrogens is 482 g/mol. The van der Waals surface area contributed by atoms with Crippen molar-refractivity contribution in [3.05, 3.63) is 58.9 Å². The second-order valence-electron chi connectivity index (χ2n) is 6.93. The topological polar surface area (TPSA) is 90.0 Å². The minimum absolute atomic E-state index is 0.0139. The molecule has 184 valence electrons. The average Bonchev–Trinajstić information content (AvgIpc) is 2.76. The van der Waals surface area contributed by atoms with Gasteiger partial charge in [-0.15, -0.1) is 0 Å². The number of methoxy groups -OCH3 is 1. The van der Waals surface area contributed by atoms with Crippen molar-refractivity contribution in [1.29, 1.82) is 0 Å². The van der Waals surface area contributed by atoms with Gasteiger partial charge in [0.15, 0.2) is 0 Å². The predicted octanol–water partition coefficient (Wildman–Crippen LogP) is 3.69. The largest absolute Gasteiger partial charge is 0.465 e. The Bertz CT molecular complexity index is 1120. The number of aryl methyl sites for hydroxylation is 1. The van der Waals surface area contributed by atoms with Crippen molar-refractivity contribution in [2.45, 2.75) is 31.5 Å². The van der Waals surface area contributed by atoms with E-state index < -0.39 is 58.6 Å². The number of hydrogen-bond acceptors (Lipinski definition) is 6. The number of halogens is 4. The number of carbonyl (C=O) groups excluding carboxylic acids is 3. The van der Waals surface area contributed by atoms with Gasteiger partial charge >= 0.3 is 24.0 Å². The van der Waals surface area contributed by atoms with E-state index in [0.717, 1.165) is 19.2 Å². The Labute approximate surface area is 195 Å². The lowest BCUT2D eigenvalue weighted by Crippen LogP contribution is -2.38. The van der Waals surface area contributed by atoms with Crippen LogP contribution in [0.25, 0.3) is 0 Å². The zero-order chi connectivity index (χ0) is 25.6. The van der Waals surface area contributed by atoms with Gasteiger partial charge in [-0.3, -0.25) is 13.9 Å². The van der Waals surface area contributed by atoms with Crippen molar-refractivity contribution in [3.63, 3.8) is 0 Å². The summed E-state index contributed by atoms with van der Waals surface area (Å²) in [4.78, 5) is 37.4.